The van der Waals surface area contributed by atoms with Gasteiger partial charge >= 0.3 is 0 Å². The van der Waals surface area contributed by atoms with Crippen LogP contribution in [-0.2, 0) is 6.42 Å². The number of piperidine rings is 1. The number of nitrogens with zero attached hydrogens (tertiary/aromatic N) is 4. The van der Waals surface area contributed by atoms with Crippen LogP contribution in [0.3, 0.4) is 0 Å². The number of likely N-dealkylation sites (N-methyl/N-ethyl adjacent to an activating group) is 1. The number of hydrogen-bond acceptors (Lipinski definition) is 5. The minimum atomic E-state index is 0. The first-order valence-corrected chi connectivity index (χ1v) is 10.7. The molecule has 170 valence electrons. The van der Waals surface area contributed by atoms with Gasteiger partial charge in [0.05, 0.1) is 12.7 Å². The second kappa shape index (κ2) is 11.1. The van der Waals surface area contributed by atoms with E-state index < -0.39 is 0 Å². The summed E-state index contributed by atoms with van der Waals surface area (Å²) < 4.78 is 5.49. The number of methoxy groups -OCH3 is 1. The average molecular weight is 456 g/mol. The van der Waals surface area contributed by atoms with Gasteiger partial charge in [-0.15, -0.1) is 12.4 Å². The third kappa shape index (κ3) is 5.47. The van der Waals surface area contributed by atoms with E-state index in [9.17, 15) is 4.79 Å². The van der Waals surface area contributed by atoms with Gasteiger partial charge in [0.25, 0.3) is 5.91 Å². The molecule has 0 atom stereocenters. The van der Waals surface area contributed by atoms with Crippen molar-refractivity contribution in [2.45, 2.75) is 25.3 Å². The van der Waals surface area contributed by atoms with Gasteiger partial charge in [-0.2, -0.15) is 5.10 Å². The summed E-state index contributed by atoms with van der Waals surface area (Å²) in [5, 5.41) is 6.81. The first-order chi connectivity index (χ1) is 15.2. The first-order valence-electron chi connectivity index (χ1n) is 10.7. The number of nitrogens with one attached hydrogen (secondary N) is 1. The van der Waals surface area contributed by atoms with Crippen molar-refractivity contribution in [3.8, 4) is 17.1 Å². The average Bonchev–Trinajstić information content (AvgIpc) is 3.37. The fourth-order valence-corrected chi connectivity index (χ4v) is 4.17. The molecule has 0 radical (unpaired) electrons. The molecule has 3 aromatic rings. The number of carbonyl (C=O) groups is 1. The lowest BCUT2D eigenvalue weighted by molar-refractivity contribution is 0.0646. The lowest BCUT2D eigenvalue weighted by atomic mass is 10.0. The molecule has 1 N–H and O–H groups in total. The van der Waals surface area contributed by atoms with Crippen molar-refractivity contribution < 1.29 is 9.53 Å². The van der Waals surface area contributed by atoms with E-state index in [2.05, 4.69) is 57.5 Å². The highest BCUT2D eigenvalue weighted by atomic mass is 35.5. The fraction of sp³-hybridized carbons (Fsp3) is 0.375. The summed E-state index contributed by atoms with van der Waals surface area (Å²) in [6.07, 6.45) is 4.55. The van der Waals surface area contributed by atoms with Gasteiger partial charge in [0.1, 0.15) is 12.1 Å². The molecule has 1 fully saturated rings. The van der Waals surface area contributed by atoms with Crippen LogP contribution in [0.25, 0.3) is 11.4 Å². The molecular weight excluding hydrogens is 426 g/mol. The number of halogens is 1. The zero-order valence-electron chi connectivity index (χ0n) is 18.5. The van der Waals surface area contributed by atoms with Crippen LogP contribution in [0.2, 0.25) is 0 Å². The third-order valence-corrected chi connectivity index (χ3v) is 6.08. The Bertz CT molecular complexity index is 989. The molecule has 1 aliphatic rings. The molecule has 0 aliphatic carbocycles. The van der Waals surface area contributed by atoms with E-state index in [0.29, 0.717) is 23.2 Å². The zero-order valence-corrected chi connectivity index (χ0v) is 19.3. The number of rotatable bonds is 7. The molecule has 1 saturated heterocycles. The van der Waals surface area contributed by atoms with E-state index in [1.807, 2.05) is 17.0 Å². The van der Waals surface area contributed by atoms with Crippen LogP contribution in [0, 0.1) is 0 Å². The molecule has 1 aromatic heterocycles. The van der Waals surface area contributed by atoms with Crippen LogP contribution >= 0.6 is 12.4 Å². The van der Waals surface area contributed by atoms with Crippen LogP contribution in [0.5, 0.6) is 5.75 Å². The summed E-state index contributed by atoms with van der Waals surface area (Å²) in [5.74, 6) is 1.20. The van der Waals surface area contributed by atoms with Gasteiger partial charge in [-0.25, -0.2) is 4.98 Å². The molecule has 7 nitrogen and oxygen atoms in total. The van der Waals surface area contributed by atoms with Gasteiger partial charge in [0.15, 0.2) is 5.82 Å². The molecule has 8 heteroatoms. The Labute approximate surface area is 195 Å². The first kappa shape index (κ1) is 23.8. The summed E-state index contributed by atoms with van der Waals surface area (Å²) in [6.45, 7) is 2.57. The normalized spacial score (nSPS) is 14.3. The second-order valence-electron chi connectivity index (χ2n) is 7.98. The number of likely N-dealkylation sites (tertiary alicyclic amines) is 1. The standard InChI is InChI=1S/C24H29N5O2.ClH/c1-28(13-10-18-6-4-3-5-7-18)20-11-14-29(15-12-20)24(30)19-8-9-21(22(16-19)31-2)23-25-17-26-27-23;/h3-9,16-17,20H,10-15H2,1-2H3,(H,25,26,27);1H. The smallest absolute Gasteiger partial charge is 0.253 e. The van der Waals surface area contributed by atoms with Crippen LogP contribution in [0.4, 0.5) is 0 Å². The van der Waals surface area contributed by atoms with Crippen LogP contribution in [-0.4, -0.2) is 70.7 Å². The Hall–Kier alpha value is -2.90. The van der Waals surface area contributed by atoms with Crippen molar-refractivity contribution >= 4 is 18.3 Å². The molecule has 2 aromatic carbocycles. The molecule has 0 saturated carbocycles. The maximum atomic E-state index is 13.1. The largest absolute Gasteiger partial charge is 0.496 e. The number of ether oxygens (including phenoxy) is 1. The second-order valence-corrected chi connectivity index (χ2v) is 7.98. The SMILES string of the molecule is COc1cc(C(=O)N2CCC(N(C)CCc3ccccc3)CC2)ccc1-c1nc[nH]n1.Cl. The molecule has 0 spiro atoms. The van der Waals surface area contributed by atoms with Crippen molar-refractivity contribution in [3.63, 3.8) is 0 Å². The predicted octanol–water partition coefficient (Wildman–Crippen LogP) is 3.68. The molecule has 2 heterocycles. The molecule has 1 amide bonds. The molecule has 0 bridgehead atoms. The fourth-order valence-electron chi connectivity index (χ4n) is 4.17. The zero-order chi connectivity index (χ0) is 21.6. The Morgan fingerprint density at radius 3 is 2.59 bits per heavy atom. The van der Waals surface area contributed by atoms with E-state index in [-0.39, 0.29) is 18.3 Å². The Morgan fingerprint density at radius 2 is 1.94 bits per heavy atom. The van der Waals surface area contributed by atoms with Gasteiger partial charge in [-0.1, -0.05) is 30.3 Å². The number of aromatic nitrogens is 3. The number of aromatic amines is 1. The lowest BCUT2D eigenvalue weighted by Gasteiger charge is -2.37. The van der Waals surface area contributed by atoms with Gasteiger partial charge in [-0.05, 0) is 50.1 Å². The minimum Gasteiger partial charge on any atom is -0.496 e. The molecule has 0 unspecified atom stereocenters. The monoisotopic (exact) mass is 455 g/mol. The quantitative estimate of drug-likeness (QED) is 0.588. The van der Waals surface area contributed by atoms with Gasteiger partial charge in [0, 0.05) is 31.2 Å². The summed E-state index contributed by atoms with van der Waals surface area (Å²) >= 11 is 0. The molecule has 1 aliphatic heterocycles. The maximum absolute atomic E-state index is 13.1. The van der Waals surface area contributed by atoms with E-state index in [1.165, 1.54) is 11.9 Å². The third-order valence-electron chi connectivity index (χ3n) is 6.08. The minimum absolute atomic E-state index is 0. The number of H-pyrrole nitrogens is 1. The topological polar surface area (TPSA) is 74.3 Å². The number of hydrogen-bond donors (Lipinski definition) is 1. The predicted molar refractivity (Wildman–Crippen MR) is 127 cm³/mol. The summed E-state index contributed by atoms with van der Waals surface area (Å²) in [7, 11) is 3.79. The lowest BCUT2D eigenvalue weighted by Crippen LogP contribution is -2.46. The highest BCUT2D eigenvalue weighted by molar-refractivity contribution is 5.95. The number of carbonyl (C=O) groups excluding carboxylic acids is 1. The number of benzene rings is 2. The van der Waals surface area contributed by atoms with Crippen molar-refractivity contribution in [1.29, 1.82) is 0 Å². The van der Waals surface area contributed by atoms with Crippen molar-refractivity contribution in [2.24, 2.45) is 0 Å². The Balaban J connectivity index is 0.00000289. The van der Waals surface area contributed by atoms with Gasteiger partial charge < -0.3 is 14.5 Å². The Kier molecular flexibility index (Phi) is 8.25. The molecular formula is C24H30ClN5O2. The number of amides is 1. The highest BCUT2D eigenvalue weighted by Gasteiger charge is 2.26. The summed E-state index contributed by atoms with van der Waals surface area (Å²) in [5.41, 5.74) is 2.76. The van der Waals surface area contributed by atoms with E-state index >= 15 is 0 Å². The van der Waals surface area contributed by atoms with Crippen LogP contribution < -0.4 is 4.74 Å². The summed E-state index contributed by atoms with van der Waals surface area (Å²) in [4.78, 5) is 21.6. The van der Waals surface area contributed by atoms with E-state index in [1.54, 1.807) is 13.2 Å². The van der Waals surface area contributed by atoms with Crippen molar-refractivity contribution in [3.05, 3.63) is 66.0 Å². The van der Waals surface area contributed by atoms with E-state index in [0.717, 1.165) is 44.5 Å². The summed E-state index contributed by atoms with van der Waals surface area (Å²) in [6, 6.07) is 16.6. The maximum Gasteiger partial charge on any atom is 0.253 e. The van der Waals surface area contributed by atoms with Gasteiger partial charge in [-0.3, -0.25) is 9.89 Å². The van der Waals surface area contributed by atoms with E-state index in [4.69, 9.17) is 4.74 Å². The van der Waals surface area contributed by atoms with Crippen molar-refractivity contribution in [2.75, 3.05) is 33.8 Å². The Morgan fingerprint density at radius 1 is 1.19 bits per heavy atom. The van der Waals surface area contributed by atoms with Gasteiger partial charge in [0.2, 0.25) is 0 Å². The van der Waals surface area contributed by atoms with Crippen LogP contribution in [0.1, 0.15) is 28.8 Å². The van der Waals surface area contributed by atoms with Crippen LogP contribution in [0.15, 0.2) is 54.9 Å². The highest BCUT2D eigenvalue weighted by Crippen LogP contribution is 2.29. The molecule has 32 heavy (non-hydrogen) atoms. The van der Waals surface area contributed by atoms with Crippen molar-refractivity contribution in [1.82, 2.24) is 25.0 Å². The molecule has 4 rings (SSSR count).